The van der Waals surface area contributed by atoms with Crippen LogP contribution in [0.15, 0.2) is 0 Å². The SMILES string of the molecule is CC1CC(C(=O)O)CCN1C(=O)N(C)CC1CC1. The van der Waals surface area contributed by atoms with E-state index in [0.29, 0.717) is 25.3 Å². The average molecular weight is 254 g/mol. The number of aliphatic carboxylic acids is 1. The van der Waals surface area contributed by atoms with Crippen molar-refractivity contribution in [3.63, 3.8) is 0 Å². The van der Waals surface area contributed by atoms with Gasteiger partial charge in [0.1, 0.15) is 0 Å². The van der Waals surface area contributed by atoms with Gasteiger partial charge in [-0.1, -0.05) is 0 Å². The second kappa shape index (κ2) is 5.16. The molecule has 0 radical (unpaired) electrons. The normalized spacial score (nSPS) is 28.0. The lowest BCUT2D eigenvalue weighted by Crippen LogP contribution is -2.50. The number of carboxylic acids is 1. The van der Waals surface area contributed by atoms with Crippen LogP contribution in [-0.4, -0.2) is 53.1 Å². The molecule has 2 amide bonds. The van der Waals surface area contributed by atoms with Gasteiger partial charge in [-0.05, 0) is 38.5 Å². The van der Waals surface area contributed by atoms with Crippen molar-refractivity contribution >= 4 is 12.0 Å². The molecular formula is C13H22N2O3. The molecule has 102 valence electrons. The molecule has 1 heterocycles. The molecule has 1 saturated carbocycles. The molecule has 1 N–H and O–H groups in total. The van der Waals surface area contributed by atoms with Gasteiger partial charge < -0.3 is 14.9 Å². The second-order valence-corrected chi connectivity index (χ2v) is 5.71. The molecule has 2 atom stereocenters. The highest BCUT2D eigenvalue weighted by Crippen LogP contribution is 2.30. The lowest BCUT2D eigenvalue weighted by molar-refractivity contribution is -0.143. The van der Waals surface area contributed by atoms with E-state index >= 15 is 0 Å². The van der Waals surface area contributed by atoms with Gasteiger partial charge in [0.25, 0.3) is 0 Å². The fraction of sp³-hybridized carbons (Fsp3) is 0.846. The quantitative estimate of drug-likeness (QED) is 0.832. The van der Waals surface area contributed by atoms with Gasteiger partial charge in [0.05, 0.1) is 5.92 Å². The number of likely N-dealkylation sites (tertiary alicyclic amines) is 1. The predicted molar refractivity (Wildman–Crippen MR) is 67.3 cm³/mol. The summed E-state index contributed by atoms with van der Waals surface area (Å²) in [7, 11) is 1.84. The van der Waals surface area contributed by atoms with Gasteiger partial charge in [-0.25, -0.2) is 4.79 Å². The van der Waals surface area contributed by atoms with Crippen LogP contribution in [0.5, 0.6) is 0 Å². The first-order valence-corrected chi connectivity index (χ1v) is 6.73. The maximum atomic E-state index is 12.3. The predicted octanol–water partition coefficient (Wildman–Crippen LogP) is 1.63. The van der Waals surface area contributed by atoms with Crippen molar-refractivity contribution in [2.75, 3.05) is 20.1 Å². The summed E-state index contributed by atoms with van der Waals surface area (Å²) in [6.07, 6.45) is 3.60. The van der Waals surface area contributed by atoms with Gasteiger partial charge in [-0.3, -0.25) is 4.79 Å². The van der Waals surface area contributed by atoms with Gasteiger partial charge in [0, 0.05) is 26.2 Å². The minimum Gasteiger partial charge on any atom is -0.481 e. The number of piperidine rings is 1. The Balaban J connectivity index is 1.88. The fourth-order valence-corrected chi connectivity index (χ4v) is 2.67. The largest absolute Gasteiger partial charge is 0.481 e. The molecule has 5 nitrogen and oxygen atoms in total. The number of rotatable bonds is 3. The molecular weight excluding hydrogens is 232 g/mol. The Morgan fingerprint density at radius 3 is 2.50 bits per heavy atom. The highest BCUT2D eigenvalue weighted by Gasteiger charge is 2.34. The Morgan fingerprint density at radius 1 is 1.33 bits per heavy atom. The molecule has 2 unspecified atom stereocenters. The molecule has 0 aromatic rings. The first-order chi connectivity index (χ1) is 8.49. The number of amides is 2. The maximum absolute atomic E-state index is 12.3. The molecule has 2 rings (SSSR count). The van der Waals surface area contributed by atoms with E-state index in [0.717, 1.165) is 6.54 Å². The van der Waals surface area contributed by atoms with Crippen LogP contribution in [0.1, 0.15) is 32.6 Å². The van der Waals surface area contributed by atoms with Crippen molar-refractivity contribution in [3.05, 3.63) is 0 Å². The lowest BCUT2D eigenvalue weighted by atomic mass is 9.92. The molecule has 1 saturated heterocycles. The van der Waals surface area contributed by atoms with Gasteiger partial charge in [0.2, 0.25) is 0 Å². The van der Waals surface area contributed by atoms with Gasteiger partial charge in [-0.2, -0.15) is 0 Å². The van der Waals surface area contributed by atoms with E-state index in [1.54, 1.807) is 4.90 Å². The summed E-state index contributed by atoms with van der Waals surface area (Å²) in [6, 6.07) is 0.0761. The van der Waals surface area contributed by atoms with Crippen LogP contribution in [-0.2, 0) is 4.79 Å². The van der Waals surface area contributed by atoms with E-state index in [4.69, 9.17) is 5.11 Å². The van der Waals surface area contributed by atoms with Crippen LogP contribution >= 0.6 is 0 Å². The van der Waals surface area contributed by atoms with E-state index in [1.165, 1.54) is 12.8 Å². The van der Waals surface area contributed by atoms with E-state index in [1.807, 2.05) is 18.9 Å². The molecule has 1 aliphatic carbocycles. The Kier molecular flexibility index (Phi) is 3.78. The van der Waals surface area contributed by atoms with Crippen LogP contribution in [0.4, 0.5) is 4.79 Å². The second-order valence-electron chi connectivity index (χ2n) is 5.71. The van der Waals surface area contributed by atoms with Crippen LogP contribution in [0.2, 0.25) is 0 Å². The first kappa shape index (κ1) is 13.2. The summed E-state index contributed by atoms with van der Waals surface area (Å²) in [6.45, 7) is 3.34. The summed E-state index contributed by atoms with van der Waals surface area (Å²) in [5.41, 5.74) is 0. The summed E-state index contributed by atoms with van der Waals surface area (Å²) >= 11 is 0. The lowest BCUT2D eigenvalue weighted by Gasteiger charge is -2.38. The van der Waals surface area contributed by atoms with Crippen molar-refractivity contribution in [3.8, 4) is 0 Å². The minimum atomic E-state index is -0.736. The smallest absolute Gasteiger partial charge is 0.319 e. The number of hydrogen-bond donors (Lipinski definition) is 1. The zero-order chi connectivity index (χ0) is 13.3. The Morgan fingerprint density at radius 2 is 2.00 bits per heavy atom. The number of nitrogens with zero attached hydrogens (tertiary/aromatic N) is 2. The fourth-order valence-electron chi connectivity index (χ4n) is 2.67. The zero-order valence-electron chi connectivity index (χ0n) is 11.1. The van der Waals surface area contributed by atoms with Crippen molar-refractivity contribution in [2.45, 2.75) is 38.6 Å². The third-order valence-corrected chi connectivity index (χ3v) is 4.03. The summed E-state index contributed by atoms with van der Waals surface area (Å²) < 4.78 is 0. The van der Waals surface area contributed by atoms with Gasteiger partial charge in [-0.15, -0.1) is 0 Å². The van der Waals surface area contributed by atoms with Crippen molar-refractivity contribution in [2.24, 2.45) is 11.8 Å². The summed E-state index contributed by atoms with van der Waals surface area (Å²) in [5.74, 6) is -0.344. The number of urea groups is 1. The summed E-state index contributed by atoms with van der Waals surface area (Å²) in [4.78, 5) is 26.8. The molecule has 0 spiro atoms. The Labute approximate surface area is 108 Å². The van der Waals surface area contributed by atoms with E-state index in [2.05, 4.69) is 0 Å². The number of carboxylic acid groups (broad SMARTS) is 1. The van der Waals surface area contributed by atoms with Gasteiger partial charge in [0.15, 0.2) is 0 Å². The number of carbonyl (C=O) groups is 2. The third-order valence-electron chi connectivity index (χ3n) is 4.03. The van der Waals surface area contributed by atoms with Gasteiger partial charge >= 0.3 is 12.0 Å². The zero-order valence-corrected chi connectivity index (χ0v) is 11.1. The monoisotopic (exact) mass is 254 g/mol. The maximum Gasteiger partial charge on any atom is 0.319 e. The molecule has 2 aliphatic rings. The van der Waals surface area contributed by atoms with Crippen LogP contribution in [0.25, 0.3) is 0 Å². The van der Waals surface area contributed by atoms with E-state index in [9.17, 15) is 9.59 Å². The van der Waals surface area contributed by atoms with Crippen LogP contribution in [0.3, 0.4) is 0 Å². The highest BCUT2D eigenvalue weighted by molar-refractivity contribution is 5.75. The molecule has 0 bridgehead atoms. The highest BCUT2D eigenvalue weighted by atomic mass is 16.4. The van der Waals surface area contributed by atoms with Crippen LogP contribution in [0, 0.1) is 11.8 Å². The Hall–Kier alpha value is -1.26. The molecule has 18 heavy (non-hydrogen) atoms. The number of carbonyl (C=O) groups excluding carboxylic acids is 1. The van der Waals surface area contributed by atoms with Crippen molar-refractivity contribution in [1.29, 1.82) is 0 Å². The summed E-state index contributed by atoms with van der Waals surface area (Å²) in [5, 5.41) is 9.00. The average Bonchev–Trinajstić information content (AvgIpc) is 3.11. The Bertz CT molecular complexity index is 341. The van der Waals surface area contributed by atoms with E-state index in [-0.39, 0.29) is 18.0 Å². The minimum absolute atomic E-state index is 0.0222. The molecule has 0 aromatic heterocycles. The van der Waals surface area contributed by atoms with E-state index < -0.39 is 5.97 Å². The molecule has 2 fully saturated rings. The van der Waals surface area contributed by atoms with Crippen LogP contribution < -0.4 is 0 Å². The van der Waals surface area contributed by atoms with Crippen molar-refractivity contribution in [1.82, 2.24) is 9.80 Å². The molecule has 0 aromatic carbocycles. The van der Waals surface area contributed by atoms with Crippen molar-refractivity contribution < 1.29 is 14.7 Å². The molecule has 1 aliphatic heterocycles. The third kappa shape index (κ3) is 2.94. The first-order valence-electron chi connectivity index (χ1n) is 6.73. The number of hydrogen-bond acceptors (Lipinski definition) is 2. The standard InChI is InChI=1S/C13H22N2O3/c1-9-7-11(12(16)17)5-6-15(9)13(18)14(2)8-10-3-4-10/h9-11H,3-8H2,1-2H3,(H,16,17). The topological polar surface area (TPSA) is 60.9 Å². The molecule has 5 heteroatoms.